The molecule has 1 saturated heterocycles. The van der Waals surface area contributed by atoms with Crippen molar-refractivity contribution < 1.29 is 9.63 Å². The maximum atomic E-state index is 11.8. The van der Waals surface area contributed by atoms with E-state index in [1.54, 1.807) is 0 Å². The maximum absolute atomic E-state index is 11.8. The van der Waals surface area contributed by atoms with Gasteiger partial charge in [0.15, 0.2) is 5.69 Å². The molecule has 1 aliphatic heterocycles. The highest BCUT2D eigenvalue weighted by molar-refractivity contribution is 5.92. The molecule has 0 radical (unpaired) electrons. The van der Waals surface area contributed by atoms with Crippen molar-refractivity contribution in [2.75, 3.05) is 13.6 Å². The van der Waals surface area contributed by atoms with Crippen molar-refractivity contribution in [1.82, 2.24) is 14.8 Å². The van der Waals surface area contributed by atoms with Gasteiger partial charge in [-0.05, 0) is 43.9 Å². The van der Waals surface area contributed by atoms with E-state index >= 15 is 0 Å². The Kier molecular flexibility index (Phi) is 4.49. The third kappa shape index (κ3) is 3.24. The Labute approximate surface area is 152 Å². The SMILES string of the molecule is CN1CCC(C#Cc2cccc(-n3nc(C(N)=O)c4c3CCCC4)c2)O1. The Morgan fingerprint density at radius 3 is 2.96 bits per heavy atom. The van der Waals surface area contributed by atoms with E-state index in [1.165, 1.54) is 0 Å². The summed E-state index contributed by atoms with van der Waals surface area (Å²) in [4.78, 5) is 17.4. The Bertz CT molecular complexity index is 906. The molecule has 1 aromatic heterocycles. The Balaban J connectivity index is 1.67. The number of benzene rings is 1. The molecule has 1 atom stereocenters. The molecule has 2 N–H and O–H groups in total. The van der Waals surface area contributed by atoms with E-state index in [2.05, 4.69) is 16.9 Å². The highest BCUT2D eigenvalue weighted by Gasteiger charge is 2.24. The summed E-state index contributed by atoms with van der Waals surface area (Å²) >= 11 is 0. The highest BCUT2D eigenvalue weighted by Crippen LogP contribution is 2.27. The number of nitrogens with two attached hydrogens (primary N) is 1. The molecule has 134 valence electrons. The van der Waals surface area contributed by atoms with Crippen molar-refractivity contribution in [2.45, 2.75) is 38.2 Å². The second kappa shape index (κ2) is 6.94. The lowest BCUT2D eigenvalue weighted by molar-refractivity contribution is -0.108. The standard InChI is InChI=1S/C20H22N4O2/c1-23-12-11-16(26-23)10-9-14-5-4-6-15(13-14)24-18-8-3-2-7-17(18)19(22-24)20(21)25/h4-6,13,16H,2-3,7-8,11-12H2,1H3,(H2,21,25). The molecule has 2 heterocycles. The molecule has 0 saturated carbocycles. The summed E-state index contributed by atoms with van der Waals surface area (Å²) in [5.41, 5.74) is 9.84. The summed E-state index contributed by atoms with van der Waals surface area (Å²) < 4.78 is 1.86. The van der Waals surface area contributed by atoms with Crippen LogP contribution in [0.2, 0.25) is 0 Å². The predicted octanol–water partition coefficient (Wildman–Crippen LogP) is 1.84. The Hall–Kier alpha value is -2.62. The molecule has 0 spiro atoms. The number of rotatable bonds is 2. The van der Waals surface area contributed by atoms with Crippen LogP contribution in [-0.4, -0.2) is 40.4 Å². The van der Waals surface area contributed by atoms with Crippen molar-refractivity contribution in [3.05, 3.63) is 46.8 Å². The molecule has 1 unspecified atom stereocenters. The summed E-state index contributed by atoms with van der Waals surface area (Å²) in [6.07, 6.45) is 4.80. The first-order valence-electron chi connectivity index (χ1n) is 9.02. The predicted molar refractivity (Wildman–Crippen MR) is 97.7 cm³/mol. The summed E-state index contributed by atoms with van der Waals surface area (Å²) in [5.74, 6) is 5.91. The fourth-order valence-electron chi connectivity index (χ4n) is 3.61. The number of hydrogen-bond acceptors (Lipinski definition) is 4. The second-order valence-electron chi connectivity index (χ2n) is 6.81. The minimum atomic E-state index is -0.458. The van der Waals surface area contributed by atoms with E-state index in [4.69, 9.17) is 10.6 Å². The minimum absolute atomic E-state index is 0.0532. The van der Waals surface area contributed by atoms with Crippen LogP contribution in [0.15, 0.2) is 24.3 Å². The molecule has 2 aliphatic rings. The summed E-state index contributed by atoms with van der Waals surface area (Å²) in [6, 6.07) is 7.91. The van der Waals surface area contributed by atoms with E-state index in [0.29, 0.717) is 5.69 Å². The molecular weight excluding hydrogens is 328 g/mol. The van der Waals surface area contributed by atoms with Crippen LogP contribution in [-0.2, 0) is 17.7 Å². The van der Waals surface area contributed by atoms with Gasteiger partial charge in [-0.1, -0.05) is 17.9 Å². The smallest absolute Gasteiger partial charge is 0.269 e. The zero-order valence-electron chi connectivity index (χ0n) is 14.9. The van der Waals surface area contributed by atoms with Crippen molar-refractivity contribution in [3.8, 4) is 17.5 Å². The van der Waals surface area contributed by atoms with Crippen LogP contribution in [0, 0.1) is 11.8 Å². The van der Waals surface area contributed by atoms with Gasteiger partial charge in [0.05, 0.1) is 5.69 Å². The Morgan fingerprint density at radius 1 is 1.35 bits per heavy atom. The van der Waals surface area contributed by atoms with Crippen LogP contribution in [0.3, 0.4) is 0 Å². The number of nitrogens with zero attached hydrogens (tertiary/aromatic N) is 3. The minimum Gasteiger partial charge on any atom is -0.364 e. The number of carbonyl (C=O) groups excluding carboxylic acids is 1. The lowest BCUT2D eigenvalue weighted by atomic mass is 9.95. The number of aromatic nitrogens is 2. The van der Waals surface area contributed by atoms with Crippen molar-refractivity contribution in [1.29, 1.82) is 0 Å². The summed E-state index contributed by atoms with van der Waals surface area (Å²) in [7, 11) is 1.92. The first kappa shape index (κ1) is 16.8. The number of carbonyl (C=O) groups is 1. The number of amides is 1. The first-order chi connectivity index (χ1) is 12.6. The van der Waals surface area contributed by atoms with Gasteiger partial charge in [0, 0.05) is 36.8 Å². The van der Waals surface area contributed by atoms with Gasteiger partial charge >= 0.3 is 0 Å². The monoisotopic (exact) mass is 350 g/mol. The zero-order valence-corrected chi connectivity index (χ0v) is 14.9. The fraction of sp³-hybridized carbons (Fsp3) is 0.400. The highest BCUT2D eigenvalue weighted by atomic mass is 16.7. The fourth-order valence-corrected chi connectivity index (χ4v) is 3.61. The van der Waals surface area contributed by atoms with Crippen LogP contribution in [0.1, 0.15) is 46.6 Å². The van der Waals surface area contributed by atoms with Gasteiger partial charge in [-0.3, -0.25) is 9.63 Å². The molecule has 1 aliphatic carbocycles. The molecule has 1 amide bonds. The largest absolute Gasteiger partial charge is 0.364 e. The maximum Gasteiger partial charge on any atom is 0.269 e. The van der Waals surface area contributed by atoms with Crippen LogP contribution in [0.4, 0.5) is 0 Å². The topological polar surface area (TPSA) is 73.4 Å². The lowest BCUT2D eigenvalue weighted by Gasteiger charge is -2.14. The summed E-state index contributed by atoms with van der Waals surface area (Å²) in [5, 5.41) is 6.33. The van der Waals surface area contributed by atoms with Gasteiger partial charge in [0.25, 0.3) is 5.91 Å². The molecule has 2 aromatic rings. The number of primary amides is 1. The number of hydroxylamine groups is 2. The van der Waals surface area contributed by atoms with E-state index in [1.807, 2.05) is 41.1 Å². The average Bonchev–Trinajstić information content (AvgIpc) is 3.24. The lowest BCUT2D eigenvalue weighted by Crippen LogP contribution is -2.15. The molecule has 1 aromatic carbocycles. The van der Waals surface area contributed by atoms with E-state index in [-0.39, 0.29) is 6.10 Å². The first-order valence-corrected chi connectivity index (χ1v) is 9.02. The molecule has 1 fully saturated rings. The van der Waals surface area contributed by atoms with Crippen LogP contribution in [0.25, 0.3) is 5.69 Å². The van der Waals surface area contributed by atoms with Crippen molar-refractivity contribution in [3.63, 3.8) is 0 Å². The third-order valence-electron chi connectivity index (χ3n) is 4.90. The van der Waals surface area contributed by atoms with Gasteiger partial charge in [-0.2, -0.15) is 10.2 Å². The van der Waals surface area contributed by atoms with Crippen LogP contribution in [0.5, 0.6) is 0 Å². The van der Waals surface area contributed by atoms with Crippen LogP contribution < -0.4 is 5.73 Å². The van der Waals surface area contributed by atoms with E-state index < -0.39 is 5.91 Å². The molecule has 6 nitrogen and oxygen atoms in total. The molecular formula is C20H22N4O2. The number of fused-ring (bicyclic) bond motifs is 1. The molecule has 0 bridgehead atoms. The van der Waals surface area contributed by atoms with Gasteiger partial charge < -0.3 is 5.73 Å². The third-order valence-corrected chi connectivity index (χ3v) is 4.90. The van der Waals surface area contributed by atoms with E-state index in [0.717, 1.165) is 61.2 Å². The van der Waals surface area contributed by atoms with Crippen molar-refractivity contribution >= 4 is 5.91 Å². The van der Waals surface area contributed by atoms with Gasteiger partial charge in [-0.25, -0.2) is 4.68 Å². The van der Waals surface area contributed by atoms with Crippen molar-refractivity contribution in [2.24, 2.45) is 5.73 Å². The normalized spacial score (nSPS) is 19.7. The average molecular weight is 350 g/mol. The molecule has 4 rings (SSSR count). The zero-order chi connectivity index (χ0) is 18.1. The second-order valence-corrected chi connectivity index (χ2v) is 6.81. The summed E-state index contributed by atoms with van der Waals surface area (Å²) in [6.45, 7) is 0.898. The van der Waals surface area contributed by atoms with Crippen LogP contribution >= 0.6 is 0 Å². The quantitative estimate of drug-likeness (QED) is 0.839. The van der Waals surface area contributed by atoms with E-state index in [9.17, 15) is 4.79 Å². The molecule has 26 heavy (non-hydrogen) atoms. The molecule has 6 heteroatoms. The number of hydrogen-bond donors (Lipinski definition) is 1. The van der Waals surface area contributed by atoms with Gasteiger partial charge in [-0.15, -0.1) is 0 Å². The van der Waals surface area contributed by atoms with Gasteiger partial charge in [0.2, 0.25) is 0 Å². The van der Waals surface area contributed by atoms with Gasteiger partial charge in [0.1, 0.15) is 6.10 Å². The Morgan fingerprint density at radius 2 is 2.19 bits per heavy atom.